The number of fused-ring (bicyclic) bond motifs is 1. The van der Waals surface area contributed by atoms with Gasteiger partial charge in [0.25, 0.3) is 6.43 Å². The average Bonchev–Trinajstić information content (AvgIpc) is 2.71. The number of hydrogen-bond acceptors (Lipinski definition) is 4. The third-order valence-electron chi connectivity index (χ3n) is 2.86. The van der Waals surface area contributed by atoms with E-state index in [2.05, 4.69) is 15.5 Å². The van der Waals surface area contributed by atoms with Gasteiger partial charge in [-0.3, -0.25) is 4.40 Å². The number of aryl methyl sites for hydroxylation is 1. The van der Waals surface area contributed by atoms with Gasteiger partial charge >= 0.3 is 0 Å². The fourth-order valence-electron chi connectivity index (χ4n) is 1.67. The molecule has 2 rings (SSSR count). The van der Waals surface area contributed by atoms with E-state index < -0.39 is 12.0 Å². The van der Waals surface area contributed by atoms with Gasteiger partial charge in [0.1, 0.15) is 5.60 Å². The molecule has 0 fully saturated rings. The molecule has 0 aliphatic rings. The molecule has 2 heterocycles. The lowest BCUT2D eigenvalue weighted by Crippen LogP contribution is -2.43. The van der Waals surface area contributed by atoms with Crippen molar-refractivity contribution in [2.24, 2.45) is 0 Å². The van der Waals surface area contributed by atoms with E-state index in [1.165, 1.54) is 0 Å². The van der Waals surface area contributed by atoms with Crippen molar-refractivity contribution in [2.45, 2.75) is 32.4 Å². The van der Waals surface area contributed by atoms with Crippen LogP contribution in [0.25, 0.3) is 5.65 Å². The predicted octanol–water partition coefficient (Wildman–Crippen LogP) is 1.14. The van der Waals surface area contributed by atoms with Crippen LogP contribution >= 0.6 is 0 Å². The Morgan fingerprint density at radius 1 is 1.42 bits per heavy atom. The van der Waals surface area contributed by atoms with Crippen molar-refractivity contribution in [2.75, 3.05) is 6.54 Å². The number of alkyl halides is 2. The zero-order valence-electron chi connectivity index (χ0n) is 10.8. The normalized spacial score (nSPS) is 15.1. The summed E-state index contributed by atoms with van der Waals surface area (Å²) >= 11 is 0. The Morgan fingerprint density at radius 3 is 2.84 bits per heavy atom. The molecule has 0 aliphatic carbocycles. The van der Waals surface area contributed by atoms with Gasteiger partial charge in [-0.05, 0) is 25.5 Å². The van der Waals surface area contributed by atoms with Gasteiger partial charge in [0, 0.05) is 12.7 Å². The van der Waals surface area contributed by atoms with Crippen molar-refractivity contribution < 1.29 is 13.9 Å². The SMILES string of the molecule is Cc1ccc2nnc(CNCC(C)(O)C(F)F)n2c1. The lowest BCUT2D eigenvalue weighted by molar-refractivity contribution is -0.0810. The Labute approximate surface area is 109 Å². The van der Waals surface area contributed by atoms with Gasteiger partial charge < -0.3 is 10.4 Å². The zero-order valence-corrected chi connectivity index (χ0v) is 10.8. The largest absolute Gasteiger partial charge is 0.383 e. The molecule has 2 aromatic heterocycles. The Hall–Kier alpha value is -1.60. The summed E-state index contributed by atoms with van der Waals surface area (Å²) in [7, 11) is 0. The maximum absolute atomic E-state index is 12.5. The van der Waals surface area contributed by atoms with E-state index in [0.29, 0.717) is 11.5 Å². The molecule has 0 radical (unpaired) electrons. The highest BCUT2D eigenvalue weighted by molar-refractivity contribution is 5.39. The molecule has 2 N–H and O–H groups in total. The van der Waals surface area contributed by atoms with Crippen LogP contribution in [0.1, 0.15) is 18.3 Å². The molecule has 1 atom stereocenters. The molecule has 0 aliphatic heterocycles. The molecule has 0 saturated carbocycles. The van der Waals surface area contributed by atoms with Crippen LogP contribution in [0.4, 0.5) is 8.78 Å². The van der Waals surface area contributed by atoms with Crippen LogP contribution in [0.3, 0.4) is 0 Å². The molecule has 0 saturated heterocycles. The van der Waals surface area contributed by atoms with Crippen molar-refractivity contribution in [3.05, 3.63) is 29.7 Å². The zero-order chi connectivity index (χ0) is 14.0. The molecule has 0 aromatic carbocycles. The first-order chi connectivity index (χ1) is 8.90. The van der Waals surface area contributed by atoms with E-state index in [1.54, 1.807) is 4.40 Å². The summed E-state index contributed by atoms with van der Waals surface area (Å²) in [4.78, 5) is 0. The number of nitrogens with one attached hydrogen (secondary N) is 1. The number of aliphatic hydroxyl groups is 1. The molecule has 5 nitrogen and oxygen atoms in total. The first kappa shape index (κ1) is 13.8. The van der Waals surface area contributed by atoms with Gasteiger partial charge in [0.05, 0.1) is 6.54 Å². The average molecular weight is 270 g/mol. The second-order valence-corrected chi connectivity index (χ2v) is 4.81. The topological polar surface area (TPSA) is 62.5 Å². The van der Waals surface area contributed by atoms with Crippen molar-refractivity contribution in [1.29, 1.82) is 0 Å². The lowest BCUT2D eigenvalue weighted by atomic mass is 10.1. The van der Waals surface area contributed by atoms with Crippen molar-refractivity contribution in [3.63, 3.8) is 0 Å². The first-order valence-corrected chi connectivity index (χ1v) is 5.91. The lowest BCUT2D eigenvalue weighted by Gasteiger charge is -2.22. The van der Waals surface area contributed by atoms with Crippen LogP contribution in [0.15, 0.2) is 18.3 Å². The highest BCUT2D eigenvalue weighted by Gasteiger charge is 2.31. The maximum atomic E-state index is 12.5. The third kappa shape index (κ3) is 3.05. The van der Waals surface area contributed by atoms with Crippen molar-refractivity contribution in [1.82, 2.24) is 19.9 Å². The minimum absolute atomic E-state index is 0.217. The van der Waals surface area contributed by atoms with Crippen LogP contribution in [0.2, 0.25) is 0 Å². The van der Waals surface area contributed by atoms with E-state index in [0.717, 1.165) is 12.5 Å². The number of nitrogens with zero attached hydrogens (tertiary/aromatic N) is 3. The summed E-state index contributed by atoms with van der Waals surface area (Å²) in [5, 5.41) is 20.1. The van der Waals surface area contributed by atoms with Crippen LogP contribution in [-0.4, -0.2) is 38.3 Å². The number of halogens is 2. The van der Waals surface area contributed by atoms with Crippen LogP contribution in [-0.2, 0) is 6.54 Å². The second kappa shape index (κ2) is 5.18. The Morgan fingerprint density at radius 2 is 2.16 bits per heavy atom. The number of pyridine rings is 1. The van der Waals surface area contributed by atoms with Gasteiger partial charge in [-0.25, -0.2) is 8.78 Å². The Kier molecular flexibility index (Phi) is 3.77. The molecule has 1 unspecified atom stereocenters. The summed E-state index contributed by atoms with van der Waals surface area (Å²) in [5.74, 6) is 0.615. The number of rotatable bonds is 5. The second-order valence-electron chi connectivity index (χ2n) is 4.81. The van der Waals surface area contributed by atoms with E-state index >= 15 is 0 Å². The summed E-state index contributed by atoms with van der Waals surface area (Å²) < 4.78 is 26.7. The fourth-order valence-corrected chi connectivity index (χ4v) is 1.67. The maximum Gasteiger partial charge on any atom is 0.267 e. The molecule has 19 heavy (non-hydrogen) atoms. The van der Waals surface area contributed by atoms with E-state index in [9.17, 15) is 13.9 Å². The van der Waals surface area contributed by atoms with Gasteiger partial charge in [-0.1, -0.05) is 6.07 Å². The molecule has 2 aromatic rings. The minimum atomic E-state index is -2.79. The van der Waals surface area contributed by atoms with Crippen LogP contribution in [0.5, 0.6) is 0 Å². The van der Waals surface area contributed by atoms with Gasteiger partial charge in [0.15, 0.2) is 11.5 Å². The summed E-state index contributed by atoms with van der Waals surface area (Å²) in [6.45, 7) is 3.08. The van der Waals surface area contributed by atoms with E-state index in [-0.39, 0.29) is 13.1 Å². The first-order valence-electron chi connectivity index (χ1n) is 5.91. The Balaban J connectivity index is 2.04. The molecule has 0 spiro atoms. The van der Waals surface area contributed by atoms with E-state index in [1.807, 2.05) is 25.3 Å². The van der Waals surface area contributed by atoms with Crippen molar-refractivity contribution >= 4 is 5.65 Å². The smallest absolute Gasteiger partial charge is 0.267 e. The summed E-state index contributed by atoms with van der Waals surface area (Å²) in [5.41, 5.74) is -0.299. The molecule has 104 valence electrons. The Bertz CT molecular complexity index is 568. The van der Waals surface area contributed by atoms with Gasteiger partial charge in [-0.15, -0.1) is 10.2 Å². The van der Waals surface area contributed by atoms with E-state index in [4.69, 9.17) is 0 Å². The molecule has 0 amide bonds. The number of aromatic nitrogens is 3. The minimum Gasteiger partial charge on any atom is -0.383 e. The molecule has 7 heteroatoms. The number of hydrogen-bond donors (Lipinski definition) is 2. The molecule has 0 bridgehead atoms. The molecular formula is C12H16F2N4O. The third-order valence-corrected chi connectivity index (χ3v) is 2.86. The predicted molar refractivity (Wildman–Crippen MR) is 66.1 cm³/mol. The summed E-state index contributed by atoms with van der Waals surface area (Å²) in [6, 6.07) is 3.75. The molecular weight excluding hydrogens is 254 g/mol. The highest BCUT2D eigenvalue weighted by atomic mass is 19.3. The van der Waals surface area contributed by atoms with Crippen LogP contribution < -0.4 is 5.32 Å². The van der Waals surface area contributed by atoms with Crippen LogP contribution in [0, 0.1) is 6.92 Å². The summed E-state index contributed by atoms with van der Waals surface area (Å²) in [6.07, 6.45) is -0.921. The highest BCUT2D eigenvalue weighted by Crippen LogP contribution is 2.13. The van der Waals surface area contributed by atoms with Gasteiger partial charge in [0.2, 0.25) is 0 Å². The van der Waals surface area contributed by atoms with Crippen molar-refractivity contribution in [3.8, 4) is 0 Å². The standard InChI is InChI=1S/C12H16F2N4O/c1-8-3-4-9-16-17-10(18(9)6-8)5-15-7-12(2,19)11(13)14/h3-4,6,11,15,19H,5,7H2,1-2H3. The van der Waals surface area contributed by atoms with Gasteiger partial charge in [-0.2, -0.15) is 0 Å². The fraction of sp³-hybridized carbons (Fsp3) is 0.500. The quantitative estimate of drug-likeness (QED) is 0.855. The monoisotopic (exact) mass is 270 g/mol.